The number of hydrogen-bond acceptors (Lipinski definition) is 3. The normalized spacial score (nSPS) is 20.9. The van der Waals surface area contributed by atoms with Crippen LogP contribution in [-0.4, -0.2) is 62.2 Å². The average molecular weight is 225 g/mol. The van der Waals surface area contributed by atoms with Crippen LogP contribution in [-0.2, 0) is 0 Å². The topological polar surface area (TPSA) is 18.5 Å². The SMILES string of the molecule is C=CCCC(C)NCCN1CCN(C)CC1. The predicted molar refractivity (Wildman–Crippen MR) is 70.8 cm³/mol. The second kappa shape index (κ2) is 7.82. The predicted octanol–water partition coefficient (Wildman–Crippen LogP) is 1.18. The first-order chi connectivity index (χ1) is 7.72. The lowest BCUT2D eigenvalue weighted by atomic mass is 10.2. The number of likely N-dealkylation sites (N-methyl/N-ethyl adjacent to an activating group) is 1. The molecule has 0 bridgehead atoms. The smallest absolute Gasteiger partial charge is 0.0110 e. The van der Waals surface area contributed by atoms with Gasteiger partial charge in [-0.15, -0.1) is 6.58 Å². The van der Waals surface area contributed by atoms with Gasteiger partial charge in [0.15, 0.2) is 0 Å². The highest BCUT2D eigenvalue weighted by atomic mass is 15.2. The highest BCUT2D eigenvalue weighted by Crippen LogP contribution is 1.99. The number of piperazine rings is 1. The Labute approximate surface area is 100 Å². The van der Waals surface area contributed by atoms with Crippen LogP contribution >= 0.6 is 0 Å². The van der Waals surface area contributed by atoms with Crippen molar-refractivity contribution in [3.05, 3.63) is 12.7 Å². The molecular formula is C13H27N3. The first kappa shape index (κ1) is 13.7. The molecular weight excluding hydrogens is 198 g/mol. The van der Waals surface area contributed by atoms with E-state index in [2.05, 4.69) is 35.7 Å². The summed E-state index contributed by atoms with van der Waals surface area (Å²) >= 11 is 0. The molecule has 94 valence electrons. The van der Waals surface area contributed by atoms with Crippen LogP contribution in [0.15, 0.2) is 12.7 Å². The van der Waals surface area contributed by atoms with E-state index in [1.165, 1.54) is 39.1 Å². The van der Waals surface area contributed by atoms with E-state index >= 15 is 0 Å². The number of hydrogen-bond donors (Lipinski definition) is 1. The third-order valence-electron chi connectivity index (χ3n) is 3.32. The van der Waals surface area contributed by atoms with Gasteiger partial charge >= 0.3 is 0 Å². The standard InChI is InChI=1S/C13H27N3/c1-4-5-6-13(2)14-7-8-16-11-9-15(3)10-12-16/h4,13-14H,1,5-12H2,2-3H3. The molecule has 1 N–H and O–H groups in total. The Kier molecular flexibility index (Phi) is 6.69. The van der Waals surface area contributed by atoms with E-state index in [9.17, 15) is 0 Å². The molecule has 0 aliphatic carbocycles. The molecule has 3 heteroatoms. The van der Waals surface area contributed by atoms with Gasteiger partial charge in [-0.1, -0.05) is 6.08 Å². The van der Waals surface area contributed by atoms with E-state index < -0.39 is 0 Å². The Hall–Kier alpha value is -0.380. The van der Waals surface area contributed by atoms with Crippen molar-refractivity contribution in [3.8, 4) is 0 Å². The van der Waals surface area contributed by atoms with Crippen LogP contribution in [0.1, 0.15) is 19.8 Å². The number of allylic oxidation sites excluding steroid dienone is 1. The summed E-state index contributed by atoms with van der Waals surface area (Å²) in [6, 6.07) is 0.616. The third-order valence-corrected chi connectivity index (χ3v) is 3.32. The zero-order valence-corrected chi connectivity index (χ0v) is 10.9. The number of nitrogens with one attached hydrogen (secondary N) is 1. The highest BCUT2D eigenvalue weighted by Gasteiger charge is 2.12. The lowest BCUT2D eigenvalue weighted by molar-refractivity contribution is 0.153. The molecule has 0 aromatic heterocycles. The van der Waals surface area contributed by atoms with E-state index in [0.717, 1.165) is 13.0 Å². The molecule has 16 heavy (non-hydrogen) atoms. The molecule has 3 nitrogen and oxygen atoms in total. The quantitative estimate of drug-likeness (QED) is 0.656. The molecule has 0 amide bonds. The maximum absolute atomic E-state index is 3.75. The van der Waals surface area contributed by atoms with E-state index in [4.69, 9.17) is 0 Å². The first-order valence-corrected chi connectivity index (χ1v) is 6.47. The second-order valence-corrected chi connectivity index (χ2v) is 4.87. The first-order valence-electron chi connectivity index (χ1n) is 6.47. The van der Waals surface area contributed by atoms with E-state index in [1.54, 1.807) is 0 Å². The van der Waals surface area contributed by atoms with Crippen molar-refractivity contribution in [2.24, 2.45) is 0 Å². The van der Waals surface area contributed by atoms with Crippen molar-refractivity contribution in [1.82, 2.24) is 15.1 Å². The molecule has 1 aliphatic rings. The minimum absolute atomic E-state index is 0.616. The molecule has 1 fully saturated rings. The fourth-order valence-corrected chi connectivity index (χ4v) is 2.01. The fourth-order valence-electron chi connectivity index (χ4n) is 2.01. The van der Waals surface area contributed by atoms with Crippen molar-refractivity contribution in [3.63, 3.8) is 0 Å². The maximum atomic E-state index is 3.75. The largest absolute Gasteiger partial charge is 0.313 e. The second-order valence-electron chi connectivity index (χ2n) is 4.87. The molecule has 0 radical (unpaired) electrons. The number of rotatable bonds is 7. The monoisotopic (exact) mass is 225 g/mol. The van der Waals surface area contributed by atoms with Gasteiger partial charge in [0.25, 0.3) is 0 Å². The van der Waals surface area contributed by atoms with Gasteiger partial charge in [0.05, 0.1) is 0 Å². The minimum Gasteiger partial charge on any atom is -0.313 e. The van der Waals surface area contributed by atoms with Crippen LogP contribution in [0.25, 0.3) is 0 Å². The summed E-state index contributed by atoms with van der Waals surface area (Å²) in [7, 11) is 2.20. The van der Waals surface area contributed by atoms with Gasteiger partial charge in [-0.05, 0) is 26.8 Å². The van der Waals surface area contributed by atoms with Gasteiger partial charge in [-0.25, -0.2) is 0 Å². The molecule has 0 aromatic carbocycles. The lowest BCUT2D eigenvalue weighted by Crippen LogP contribution is -2.47. The van der Waals surface area contributed by atoms with Crippen molar-refractivity contribution >= 4 is 0 Å². The fraction of sp³-hybridized carbons (Fsp3) is 0.846. The molecule has 1 rings (SSSR count). The Balaban J connectivity index is 2.00. The van der Waals surface area contributed by atoms with E-state index in [1.807, 2.05) is 6.08 Å². The molecule has 1 aliphatic heterocycles. The van der Waals surface area contributed by atoms with Gasteiger partial charge in [-0.2, -0.15) is 0 Å². The minimum atomic E-state index is 0.616. The van der Waals surface area contributed by atoms with Crippen LogP contribution < -0.4 is 5.32 Å². The van der Waals surface area contributed by atoms with Gasteiger partial charge in [0.2, 0.25) is 0 Å². The summed E-state index contributed by atoms with van der Waals surface area (Å²) in [6.45, 7) is 13.2. The van der Waals surface area contributed by atoms with Gasteiger partial charge < -0.3 is 10.2 Å². The van der Waals surface area contributed by atoms with E-state index in [0.29, 0.717) is 6.04 Å². The summed E-state index contributed by atoms with van der Waals surface area (Å²) in [4.78, 5) is 4.95. The molecule has 1 saturated heterocycles. The number of nitrogens with zero attached hydrogens (tertiary/aromatic N) is 2. The van der Waals surface area contributed by atoms with Crippen LogP contribution in [0.4, 0.5) is 0 Å². The molecule has 1 heterocycles. The lowest BCUT2D eigenvalue weighted by Gasteiger charge is -2.32. The van der Waals surface area contributed by atoms with Crippen LogP contribution in [0.5, 0.6) is 0 Å². The maximum Gasteiger partial charge on any atom is 0.0110 e. The third kappa shape index (κ3) is 5.64. The van der Waals surface area contributed by atoms with Crippen LogP contribution in [0.3, 0.4) is 0 Å². The molecule has 1 unspecified atom stereocenters. The van der Waals surface area contributed by atoms with Crippen molar-refractivity contribution < 1.29 is 0 Å². The van der Waals surface area contributed by atoms with E-state index in [-0.39, 0.29) is 0 Å². The summed E-state index contributed by atoms with van der Waals surface area (Å²) in [5.41, 5.74) is 0. The van der Waals surface area contributed by atoms with Crippen LogP contribution in [0, 0.1) is 0 Å². The summed E-state index contributed by atoms with van der Waals surface area (Å²) < 4.78 is 0. The van der Waals surface area contributed by atoms with Gasteiger partial charge in [0, 0.05) is 45.3 Å². The zero-order chi connectivity index (χ0) is 11.8. The van der Waals surface area contributed by atoms with Gasteiger partial charge in [-0.3, -0.25) is 4.90 Å². The molecule has 0 aromatic rings. The molecule has 0 saturated carbocycles. The Bertz CT molecular complexity index is 186. The van der Waals surface area contributed by atoms with Crippen molar-refractivity contribution in [1.29, 1.82) is 0 Å². The summed E-state index contributed by atoms with van der Waals surface area (Å²) in [5, 5.41) is 3.57. The summed E-state index contributed by atoms with van der Waals surface area (Å²) in [6.07, 6.45) is 4.31. The highest BCUT2D eigenvalue weighted by molar-refractivity contribution is 4.73. The average Bonchev–Trinajstić information content (AvgIpc) is 2.29. The molecule has 0 spiro atoms. The Morgan fingerprint density at radius 3 is 2.62 bits per heavy atom. The zero-order valence-electron chi connectivity index (χ0n) is 10.9. The Morgan fingerprint density at radius 2 is 2.00 bits per heavy atom. The van der Waals surface area contributed by atoms with Crippen molar-refractivity contribution in [2.75, 3.05) is 46.3 Å². The Morgan fingerprint density at radius 1 is 1.31 bits per heavy atom. The van der Waals surface area contributed by atoms with Crippen molar-refractivity contribution in [2.45, 2.75) is 25.8 Å². The van der Waals surface area contributed by atoms with Gasteiger partial charge in [0.1, 0.15) is 0 Å². The molecule has 1 atom stereocenters. The summed E-state index contributed by atoms with van der Waals surface area (Å²) in [5.74, 6) is 0. The van der Waals surface area contributed by atoms with Crippen LogP contribution in [0.2, 0.25) is 0 Å².